The van der Waals surface area contributed by atoms with Crippen LogP contribution in [-0.2, 0) is 6.18 Å². The number of amides is 2. The molecule has 140 valence electrons. The maximum Gasteiger partial charge on any atom is 0.416 e. The molecule has 0 spiro atoms. The Labute approximate surface area is 153 Å². The molecule has 0 atom stereocenters. The third-order valence-electron chi connectivity index (χ3n) is 3.64. The lowest BCUT2D eigenvalue weighted by Gasteiger charge is -2.13. The minimum atomic E-state index is -4.47. The Balaban J connectivity index is 2.29. The van der Waals surface area contributed by atoms with Gasteiger partial charge in [-0.1, -0.05) is 0 Å². The fraction of sp³-hybridized carbons (Fsp3) is 0.333. The van der Waals surface area contributed by atoms with Gasteiger partial charge in [0.05, 0.1) is 11.3 Å². The van der Waals surface area contributed by atoms with Crippen molar-refractivity contribution in [3.8, 4) is 0 Å². The van der Waals surface area contributed by atoms with E-state index in [-0.39, 0.29) is 23.1 Å². The summed E-state index contributed by atoms with van der Waals surface area (Å²) in [7, 11) is 0. The van der Waals surface area contributed by atoms with E-state index in [1.54, 1.807) is 12.3 Å². The normalized spacial score (nSPS) is 11.5. The number of rotatable bonds is 4. The first-order chi connectivity index (χ1) is 12.0. The summed E-state index contributed by atoms with van der Waals surface area (Å²) in [5, 5.41) is 7.15. The number of halogens is 3. The second kappa shape index (κ2) is 7.49. The molecule has 0 fully saturated rings. The van der Waals surface area contributed by atoms with Gasteiger partial charge in [0, 0.05) is 11.6 Å². The van der Waals surface area contributed by atoms with Crippen molar-refractivity contribution >= 4 is 28.8 Å². The SMILES string of the molecule is Cc1cc(C(F)(F)F)ccc1C(=O)Nc1c(C)csc1C(=O)NC(C)C. The molecule has 0 unspecified atom stereocenters. The molecule has 1 aromatic carbocycles. The average Bonchev–Trinajstić information content (AvgIpc) is 2.86. The third kappa shape index (κ3) is 4.43. The molecule has 0 aliphatic carbocycles. The van der Waals surface area contributed by atoms with Crippen molar-refractivity contribution in [2.24, 2.45) is 0 Å². The second-order valence-corrected chi connectivity index (χ2v) is 7.11. The van der Waals surface area contributed by atoms with Crippen molar-refractivity contribution in [2.45, 2.75) is 39.9 Å². The smallest absolute Gasteiger partial charge is 0.349 e. The lowest BCUT2D eigenvalue weighted by atomic mass is 10.0. The highest BCUT2D eigenvalue weighted by Crippen LogP contribution is 2.31. The molecule has 0 aliphatic rings. The van der Waals surface area contributed by atoms with Crippen LogP contribution >= 0.6 is 11.3 Å². The van der Waals surface area contributed by atoms with Crippen LogP contribution in [0.25, 0.3) is 0 Å². The summed E-state index contributed by atoms with van der Waals surface area (Å²) in [4.78, 5) is 25.1. The first kappa shape index (κ1) is 20.0. The summed E-state index contributed by atoms with van der Waals surface area (Å²) in [6, 6.07) is 2.88. The zero-order valence-corrected chi connectivity index (χ0v) is 15.6. The summed E-state index contributed by atoms with van der Waals surface area (Å²) in [6.07, 6.45) is -4.47. The summed E-state index contributed by atoms with van der Waals surface area (Å²) in [6.45, 7) is 6.83. The van der Waals surface area contributed by atoms with E-state index in [0.717, 1.165) is 18.2 Å². The van der Waals surface area contributed by atoms with Crippen molar-refractivity contribution in [1.82, 2.24) is 5.32 Å². The number of anilines is 1. The molecule has 4 nitrogen and oxygen atoms in total. The van der Waals surface area contributed by atoms with E-state index in [0.29, 0.717) is 16.1 Å². The molecule has 2 N–H and O–H groups in total. The lowest BCUT2D eigenvalue weighted by molar-refractivity contribution is -0.137. The number of benzene rings is 1. The van der Waals surface area contributed by atoms with Gasteiger partial charge >= 0.3 is 6.18 Å². The molecule has 8 heteroatoms. The van der Waals surface area contributed by atoms with Gasteiger partial charge in [-0.15, -0.1) is 11.3 Å². The fourth-order valence-corrected chi connectivity index (χ4v) is 3.28. The standard InChI is InChI=1S/C18H19F3N2O2S/c1-9(2)22-17(25)15-14(11(4)8-26-15)23-16(24)13-6-5-12(7-10(13)3)18(19,20)21/h5-9H,1-4H3,(H,22,25)(H,23,24). The zero-order valence-electron chi connectivity index (χ0n) is 14.7. The minimum Gasteiger partial charge on any atom is -0.349 e. The summed E-state index contributed by atoms with van der Waals surface area (Å²) in [5.74, 6) is -0.867. The molecule has 1 aromatic heterocycles. The highest BCUT2D eigenvalue weighted by atomic mass is 32.1. The van der Waals surface area contributed by atoms with Gasteiger partial charge in [-0.05, 0) is 62.4 Å². The third-order valence-corrected chi connectivity index (χ3v) is 4.73. The number of alkyl halides is 3. The van der Waals surface area contributed by atoms with E-state index in [1.807, 2.05) is 13.8 Å². The Morgan fingerprint density at radius 2 is 1.73 bits per heavy atom. The molecule has 26 heavy (non-hydrogen) atoms. The van der Waals surface area contributed by atoms with Gasteiger partial charge in [0.25, 0.3) is 11.8 Å². The van der Waals surface area contributed by atoms with E-state index >= 15 is 0 Å². The number of thiophene rings is 1. The highest BCUT2D eigenvalue weighted by Gasteiger charge is 2.31. The van der Waals surface area contributed by atoms with Gasteiger partial charge in [-0.2, -0.15) is 13.2 Å². The van der Waals surface area contributed by atoms with Crippen molar-refractivity contribution in [3.63, 3.8) is 0 Å². The number of carbonyl (C=O) groups excluding carboxylic acids is 2. The monoisotopic (exact) mass is 384 g/mol. The van der Waals surface area contributed by atoms with Crippen LogP contribution in [0.1, 0.15) is 50.6 Å². The molecular formula is C18H19F3N2O2S. The molecule has 0 saturated carbocycles. The first-order valence-electron chi connectivity index (χ1n) is 7.89. The Hall–Kier alpha value is -2.35. The maximum atomic E-state index is 12.8. The van der Waals surface area contributed by atoms with Gasteiger partial charge in [0.2, 0.25) is 0 Å². The molecular weight excluding hydrogens is 365 g/mol. The van der Waals surface area contributed by atoms with E-state index in [4.69, 9.17) is 0 Å². The largest absolute Gasteiger partial charge is 0.416 e. The van der Waals surface area contributed by atoms with E-state index in [1.165, 1.54) is 18.3 Å². The molecule has 0 radical (unpaired) electrons. The molecule has 2 rings (SSSR count). The van der Waals surface area contributed by atoms with Gasteiger partial charge in [-0.3, -0.25) is 9.59 Å². The summed E-state index contributed by atoms with van der Waals surface area (Å²) < 4.78 is 38.3. The maximum absolute atomic E-state index is 12.8. The summed E-state index contributed by atoms with van der Waals surface area (Å²) >= 11 is 1.20. The van der Waals surface area contributed by atoms with Gasteiger partial charge in [0.15, 0.2) is 0 Å². The Morgan fingerprint density at radius 1 is 1.08 bits per heavy atom. The van der Waals surface area contributed by atoms with E-state index in [2.05, 4.69) is 10.6 Å². The predicted octanol–water partition coefficient (Wildman–Crippen LogP) is 4.77. The van der Waals surface area contributed by atoms with Crippen LogP contribution in [0, 0.1) is 13.8 Å². The van der Waals surface area contributed by atoms with Crippen molar-refractivity contribution in [2.75, 3.05) is 5.32 Å². The second-order valence-electron chi connectivity index (χ2n) is 6.23. The number of carbonyl (C=O) groups is 2. The number of hydrogen-bond acceptors (Lipinski definition) is 3. The minimum absolute atomic E-state index is 0.0642. The number of aryl methyl sites for hydroxylation is 2. The van der Waals surface area contributed by atoms with Crippen LogP contribution in [0.4, 0.5) is 18.9 Å². The zero-order chi connectivity index (χ0) is 19.6. The van der Waals surface area contributed by atoms with Gasteiger partial charge in [0.1, 0.15) is 4.88 Å². The van der Waals surface area contributed by atoms with Crippen LogP contribution in [0.3, 0.4) is 0 Å². The number of hydrogen-bond donors (Lipinski definition) is 2. The highest BCUT2D eigenvalue weighted by molar-refractivity contribution is 7.13. The Bertz CT molecular complexity index is 841. The Morgan fingerprint density at radius 3 is 2.27 bits per heavy atom. The topological polar surface area (TPSA) is 58.2 Å². The van der Waals surface area contributed by atoms with Crippen LogP contribution in [0.15, 0.2) is 23.6 Å². The number of nitrogens with one attached hydrogen (secondary N) is 2. The van der Waals surface area contributed by atoms with Crippen molar-refractivity contribution in [1.29, 1.82) is 0 Å². The van der Waals surface area contributed by atoms with Crippen LogP contribution < -0.4 is 10.6 Å². The predicted molar refractivity (Wildman–Crippen MR) is 95.8 cm³/mol. The van der Waals surface area contributed by atoms with Crippen LogP contribution in [-0.4, -0.2) is 17.9 Å². The molecule has 1 heterocycles. The molecule has 0 aliphatic heterocycles. The fourth-order valence-electron chi connectivity index (χ4n) is 2.37. The molecule has 0 saturated heterocycles. The molecule has 0 bridgehead atoms. The molecule has 2 aromatic rings. The van der Waals surface area contributed by atoms with E-state index in [9.17, 15) is 22.8 Å². The summed E-state index contributed by atoms with van der Waals surface area (Å²) in [5.41, 5.74) is 0.603. The average molecular weight is 384 g/mol. The van der Waals surface area contributed by atoms with Gasteiger partial charge in [-0.25, -0.2) is 0 Å². The van der Waals surface area contributed by atoms with Crippen molar-refractivity contribution in [3.05, 3.63) is 50.7 Å². The van der Waals surface area contributed by atoms with Crippen molar-refractivity contribution < 1.29 is 22.8 Å². The first-order valence-corrected chi connectivity index (χ1v) is 8.76. The van der Waals surface area contributed by atoms with Crippen LogP contribution in [0.5, 0.6) is 0 Å². The van der Waals surface area contributed by atoms with Crippen LogP contribution in [0.2, 0.25) is 0 Å². The Kier molecular flexibility index (Phi) is 5.75. The quantitative estimate of drug-likeness (QED) is 0.797. The molecule has 2 amide bonds. The van der Waals surface area contributed by atoms with E-state index < -0.39 is 17.6 Å². The van der Waals surface area contributed by atoms with Gasteiger partial charge < -0.3 is 10.6 Å². The lowest BCUT2D eigenvalue weighted by Crippen LogP contribution is -2.30.